The zero-order valence-electron chi connectivity index (χ0n) is 3.08. The summed E-state index contributed by atoms with van der Waals surface area (Å²) < 4.78 is 0. The van der Waals surface area contributed by atoms with Gasteiger partial charge in [-0.15, -0.1) is 0 Å². The normalized spacial score (nSPS) is 4.00. The van der Waals surface area contributed by atoms with Gasteiger partial charge >= 0.3 is 17.1 Å². The van der Waals surface area contributed by atoms with E-state index in [1.807, 2.05) is 0 Å². The molecular formula is CFeKO3. The minimum absolute atomic E-state index is 0. The standard InChI is InChI=1S/CH2O3.Fe.K/c2-1(3)4;;/h(H2,2,3,4);;/q;+2;/p-2. The van der Waals surface area contributed by atoms with Crippen LogP contribution in [-0.2, 0) is 17.1 Å². The molecule has 31 valence electrons. The van der Waals surface area contributed by atoms with Crippen molar-refractivity contribution in [2.75, 3.05) is 0 Å². The van der Waals surface area contributed by atoms with Crippen LogP contribution in [0.1, 0.15) is 0 Å². The first-order valence-electron chi connectivity index (χ1n) is 0.612. The van der Waals surface area contributed by atoms with E-state index in [4.69, 9.17) is 15.0 Å². The Morgan fingerprint density at radius 1 is 1.33 bits per heavy atom. The molecule has 0 fully saturated rings. The van der Waals surface area contributed by atoms with Crippen LogP contribution in [0.5, 0.6) is 0 Å². The molecule has 5 heteroatoms. The molecule has 0 spiro atoms. The molecule has 0 atom stereocenters. The van der Waals surface area contributed by atoms with E-state index >= 15 is 0 Å². The summed E-state index contributed by atoms with van der Waals surface area (Å²) >= 11 is 0. The summed E-state index contributed by atoms with van der Waals surface area (Å²) in [4.78, 5) is 8.33. The van der Waals surface area contributed by atoms with Crippen LogP contribution in [0.15, 0.2) is 0 Å². The van der Waals surface area contributed by atoms with Gasteiger partial charge < -0.3 is 15.0 Å². The van der Waals surface area contributed by atoms with Crippen molar-refractivity contribution in [1.82, 2.24) is 0 Å². The summed E-state index contributed by atoms with van der Waals surface area (Å²) in [6.45, 7) is 0. The summed E-state index contributed by atoms with van der Waals surface area (Å²) in [6, 6.07) is 0. The molecule has 0 aromatic rings. The van der Waals surface area contributed by atoms with Crippen molar-refractivity contribution >= 4 is 57.5 Å². The van der Waals surface area contributed by atoms with E-state index in [0.717, 1.165) is 0 Å². The molecule has 6 heavy (non-hydrogen) atoms. The van der Waals surface area contributed by atoms with E-state index in [1.54, 1.807) is 0 Å². The minimum atomic E-state index is -2.33. The molecule has 0 saturated heterocycles. The van der Waals surface area contributed by atoms with Crippen molar-refractivity contribution in [2.24, 2.45) is 0 Å². The first kappa shape index (κ1) is 15.7. The third kappa shape index (κ3) is 52.3. The first-order valence-corrected chi connectivity index (χ1v) is 0.612. The summed E-state index contributed by atoms with van der Waals surface area (Å²) in [5.74, 6) is 0. The molecule has 0 rings (SSSR count). The van der Waals surface area contributed by atoms with Crippen molar-refractivity contribution in [2.45, 2.75) is 0 Å². The smallest absolute Gasteiger partial charge is 0.652 e. The van der Waals surface area contributed by atoms with Gasteiger partial charge in [0.1, 0.15) is 0 Å². The van der Waals surface area contributed by atoms with Crippen LogP contribution in [0.25, 0.3) is 0 Å². The van der Waals surface area contributed by atoms with Crippen LogP contribution in [0.2, 0.25) is 0 Å². The second-order valence-corrected chi connectivity index (χ2v) is 0.250. The first-order chi connectivity index (χ1) is 1.73. The van der Waals surface area contributed by atoms with Crippen molar-refractivity contribution in [3.05, 3.63) is 0 Å². The number of hydrogen-bond donors (Lipinski definition) is 0. The molecule has 0 unspecified atom stereocenters. The van der Waals surface area contributed by atoms with Crippen molar-refractivity contribution in [3.8, 4) is 0 Å². The third-order valence-electron chi connectivity index (χ3n) is 0. The summed E-state index contributed by atoms with van der Waals surface area (Å²) in [5.41, 5.74) is 0. The van der Waals surface area contributed by atoms with E-state index < -0.39 is 6.16 Å². The minimum Gasteiger partial charge on any atom is -0.652 e. The van der Waals surface area contributed by atoms with Crippen molar-refractivity contribution in [3.63, 3.8) is 0 Å². The molecule has 0 N–H and O–H groups in total. The predicted octanol–water partition coefficient (Wildman–Crippen LogP) is -2.83. The van der Waals surface area contributed by atoms with Gasteiger partial charge in [0.15, 0.2) is 0 Å². The Labute approximate surface area is 88.0 Å². The van der Waals surface area contributed by atoms with Crippen LogP contribution >= 0.6 is 0 Å². The molecule has 0 aromatic carbocycles. The van der Waals surface area contributed by atoms with Gasteiger partial charge in [-0.05, 0) is 6.16 Å². The topological polar surface area (TPSA) is 63.2 Å². The summed E-state index contributed by atoms with van der Waals surface area (Å²) in [5, 5.41) is 16.7. The number of rotatable bonds is 0. The largest absolute Gasteiger partial charge is 2.00 e. The van der Waals surface area contributed by atoms with Gasteiger partial charge in [-0.2, -0.15) is 0 Å². The van der Waals surface area contributed by atoms with Gasteiger partial charge in [0.05, 0.1) is 0 Å². The number of carbonyl (C=O) groups excluding carboxylic acids is 1. The van der Waals surface area contributed by atoms with Crippen LogP contribution in [0.4, 0.5) is 4.79 Å². The quantitative estimate of drug-likeness (QED) is 0.354. The molecule has 0 saturated carbocycles. The van der Waals surface area contributed by atoms with Gasteiger partial charge in [0, 0.05) is 51.4 Å². The van der Waals surface area contributed by atoms with E-state index in [1.165, 1.54) is 0 Å². The Balaban J connectivity index is -0.0000000450. The maximum atomic E-state index is 8.33. The molecular weight excluding hydrogens is 155 g/mol. The average molecular weight is 155 g/mol. The molecule has 0 aliphatic carbocycles. The number of hydrogen-bond acceptors (Lipinski definition) is 3. The van der Waals surface area contributed by atoms with E-state index in [-0.39, 0.29) is 68.5 Å². The molecule has 0 bridgehead atoms. The Morgan fingerprint density at radius 3 is 1.33 bits per heavy atom. The fraction of sp³-hybridized carbons (Fsp3) is 0. The number of carboxylic acid groups (broad SMARTS) is 2. The van der Waals surface area contributed by atoms with Gasteiger partial charge in [-0.25, -0.2) is 0 Å². The van der Waals surface area contributed by atoms with Gasteiger partial charge in [-0.3, -0.25) is 0 Å². The van der Waals surface area contributed by atoms with E-state index in [9.17, 15) is 0 Å². The number of carbonyl (C=O) groups is 1. The molecule has 1 radical (unpaired) electrons. The van der Waals surface area contributed by atoms with Gasteiger partial charge in [0.2, 0.25) is 0 Å². The van der Waals surface area contributed by atoms with E-state index in [2.05, 4.69) is 0 Å². The predicted molar refractivity (Wildman–Crippen MR) is 11.1 cm³/mol. The third-order valence-corrected chi connectivity index (χ3v) is 0. The van der Waals surface area contributed by atoms with Crippen molar-refractivity contribution < 1.29 is 32.1 Å². The van der Waals surface area contributed by atoms with Crippen LogP contribution in [0, 0.1) is 0 Å². The Kier molecular flexibility index (Phi) is 25.2. The maximum absolute atomic E-state index is 8.33. The zero-order valence-corrected chi connectivity index (χ0v) is 7.31. The zero-order chi connectivity index (χ0) is 3.58. The Hall–Kier alpha value is 1.43. The second kappa shape index (κ2) is 9.66. The van der Waals surface area contributed by atoms with Crippen LogP contribution < -0.4 is 10.2 Å². The SMILES string of the molecule is O=C([O-])[O-].[Fe+2].[K]. The summed E-state index contributed by atoms with van der Waals surface area (Å²) in [7, 11) is 0. The van der Waals surface area contributed by atoms with Gasteiger partial charge in [0.25, 0.3) is 0 Å². The van der Waals surface area contributed by atoms with Crippen LogP contribution in [-0.4, -0.2) is 57.5 Å². The molecule has 3 nitrogen and oxygen atoms in total. The second-order valence-electron chi connectivity index (χ2n) is 0.250. The Bertz CT molecular complexity index is 33.8. The fourth-order valence-corrected chi connectivity index (χ4v) is 0. The molecule has 0 aliphatic heterocycles. The fourth-order valence-electron chi connectivity index (χ4n) is 0. The molecule has 0 aliphatic rings. The maximum Gasteiger partial charge on any atom is 2.00 e. The van der Waals surface area contributed by atoms with Gasteiger partial charge in [-0.1, -0.05) is 0 Å². The van der Waals surface area contributed by atoms with Crippen molar-refractivity contribution in [1.29, 1.82) is 0 Å². The average Bonchev–Trinajstić information content (AvgIpc) is 0.811. The Morgan fingerprint density at radius 2 is 1.33 bits per heavy atom. The van der Waals surface area contributed by atoms with E-state index in [0.29, 0.717) is 0 Å². The molecule has 0 amide bonds. The molecule has 0 heterocycles. The summed E-state index contributed by atoms with van der Waals surface area (Å²) in [6.07, 6.45) is -2.33. The molecule has 0 aromatic heterocycles. The monoisotopic (exact) mass is 155 g/mol. The van der Waals surface area contributed by atoms with Crippen LogP contribution in [0.3, 0.4) is 0 Å².